The van der Waals surface area contributed by atoms with Gasteiger partial charge in [-0.2, -0.15) is 26.3 Å². The number of alkyl halides is 6. The van der Waals surface area contributed by atoms with E-state index >= 15 is 0 Å². The van der Waals surface area contributed by atoms with Crippen LogP contribution < -0.4 is 5.69 Å². The molecular weight excluding hydrogens is 550 g/mol. The van der Waals surface area contributed by atoms with E-state index in [-0.39, 0.29) is 43.1 Å². The summed E-state index contributed by atoms with van der Waals surface area (Å²) in [6.45, 7) is -0.307. The van der Waals surface area contributed by atoms with Gasteiger partial charge in [0.25, 0.3) is 0 Å². The molecule has 13 heteroatoms. The van der Waals surface area contributed by atoms with E-state index in [1.165, 1.54) is 21.9 Å². The summed E-state index contributed by atoms with van der Waals surface area (Å²) < 4.78 is 85.9. The Hall–Kier alpha value is -3.61. The van der Waals surface area contributed by atoms with Gasteiger partial charge in [0, 0.05) is 38.4 Å². The molecule has 0 N–H and O–H groups in total. The van der Waals surface area contributed by atoms with Crippen molar-refractivity contribution in [1.29, 1.82) is 0 Å². The lowest BCUT2D eigenvalue weighted by molar-refractivity contribution is -0.170. The maximum absolute atomic E-state index is 14.2. The smallest absolute Gasteiger partial charge is 0.320 e. The summed E-state index contributed by atoms with van der Waals surface area (Å²) >= 11 is 0. The minimum atomic E-state index is -4.78. The highest BCUT2D eigenvalue weighted by atomic mass is 19.4. The zero-order valence-electron chi connectivity index (χ0n) is 22.2. The molecule has 2 aliphatic rings. The number of benzene rings is 1. The minimum Gasteiger partial charge on any atom is -0.320 e. The Kier molecular flexibility index (Phi) is 6.74. The summed E-state index contributed by atoms with van der Waals surface area (Å²) in [7, 11) is 1.86. The largest absolute Gasteiger partial charge is 0.418 e. The Morgan fingerprint density at radius 1 is 1.05 bits per heavy atom. The average Bonchev–Trinajstić information content (AvgIpc) is 3.60. The predicted octanol–water partition coefficient (Wildman–Crippen LogP) is 5.55. The summed E-state index contributed by atoms with van der Waals surface area (Å²) in [6, 6.07) is 8.08. The monoisotopic (exact) mass is 578 g/mol. The second-order valence-electron chi connectivity index (χ2n) is 11.1. The number of hydrogen-bond acceptors (Lipinski definition) is 4. The zero-order valence-corrected chi connectivity index (χ0v) is 22.2. The van der Waals surface area contributed by atoms with Crippen LogP contribution in [-0.4, -0.2) is 47.9 Å². The van der Waals surface area contributed by atoms with Gasteiger partial charge < -0.3 is 4.57 Å². The number of imidazole rings is 1. The van der Waals surface area contributed by atoms with Crippen molar-refractivity contribution in [2.24, 2.45) is 18.9 Å². The molecule has 4 aromatic rings. The zero-order chi connectivity index (χ0) is 29.1. The Labute approximate surface area is 231 Å². The molecule has 0 radical (unpaired) electrons. The molecule has 0 bridgehead atoms. The Morgan fingerprint density at radius 3 is 2.44 bits per heavy atom. The molecular formula is C28H28F6N6O. The van der Waals surface area contributed by atoms with Crippen LogP contribution in [0.3, 0.4) is 0 Å². The van der Waals surface area contributed by atoms with Crippen molar-refractivity contribution >= 4 is 5.52 Å². The molecule has 1 saturated carbocycles. The first-order valence-corrected chi connectivity index (χ1v) is 13.5. The molecule has 3 aromatic heterocycles. The standard InChI is InChI=1S/C28H28F6N6O/c1-37-16-35-36-25(37)24(18-4-2-5-18)19-6-3-7-21(11-19)39-15-23-22(28(32,33)34)10-17(13-40(23)26(39)41)12-38-9-8-20(14-38)27(29,30)31/h3,6-7,10-11,13,15-16,18,20,24H,2,4-5,8-9,12,14H2,1H3/t20-,24-/m1/s1. The Bertz CT molecular complexity index is 1630. The average molecular weight is 579 g/mol. The highest BCUT2D eigenvalue weighted by Crippen LogP contribution is 2.43. The van der Waals surface area contributed by atoms with Crippen molar-refractivity contribution < 1.29 is 26.3 Å². The van der Waals surface area contributed by atoms with E-state index in [9.17, 15) is 31.1 Å². The molecule has 218 valence electrons. The van der Waals surface area contributed by atoms with Crippen LogP contribution in [0.1, 0.15) is 54.1 Å². The van der Waals surface area contributed by atoms with Crippen molar-refractivity contribution in [1.82, 2.24) is 28.6 Å². The van der Waals surface area contributed by atoms with Crippen molar-refractivity contribution in [3.63, 3.8) is 0 Å². The SMILES string of the molecule is Cn1cnnc1[C@@H](c1cccc(-n2cc3c(C(F)(F)F)cc(CN4CC[C@@H](C(F)(F)F)C4)cn3c2=O)c1)C1CCC1. The first kappa shape index (κ1) is 27.6. The second-order valence-corrected chi connectivity index (χ2v) is 11.1. The maximum atomic E-state index is 14.2. The lowest BCUT2D eigenvalue weighted by atomic mass is 9.72. The molecule has 1 aliphatic heterocycles. The summed E-state index contributed by atoms with van der Waals surface area (Å²) in [5.41, 5.74) is -0.623. The van der Waals surface area contributed by atoms with Crippen LogP contribution in [0.15, 0.2) is 53.8 Å². The molecule has 1 saturated heterocycles. The van der Waals surface area contributed by atoms with E-state index in [1.54, 1.807) is 24.5 Å². The molecule has 1 aliphatic carbocycles. The predicted molar refractivity (Wildman–Crippen MR) is 138 cm³/mol. The number of nitrogens with zero attached hydrogens (tertiary/aromatic N) is 6. The fourth-order valence-corrected chi connectivity index (χ4v) is 6.09. The number of likely N-dealkylation sites (tertiary alicyclic amines) is 1. The first-order chi connectivity index (χ1) is 19.4. The van der Waals surface area contributed by atoms with Crippen LogP contribution in [-0.2, 0) is 19.8 Å². The molecule has 7 nitrogen and oxygen atoms in total. The third kappa shape index (κ3) is 5.15. The van der Waals surface area contributed by atoms with Gasteiger partial charge in [0.15, 0.2) is 0 Å². The number of fused-ring (bicyclic) bond motifs is 1. The molecule has 0 unspecified atom stereocenters. The van der Waals surface area contributed by atoms with Gasteiger partial charge in [-0.05, 0) is 61.1 Å². The normalized spacial score (nSPS) is 19.6. The van der Waals surface area contributed by atoms with Gasteiger partial charge in [0.05, 0.1) is 22.7 Å². The van der Waals surface area contributed by atoms with E-state index in [0.29, 0.717) is 11.6 Å². The van der Waals surface area contributed by atoms with Crippen LogP contribution in [0.4, 0.5) is 26.3 Å². The molecule has 0 spiro atoms. The van der Waals surface area contributed by atoms with E-state index in [1.807, 2.05) is 17.7 Å². The van der Waals surface area contributed by atoms with Crippen LogP contribution >= 0.6 is 0 Å². The molecule has 4 heterocycles. The number of aryl methyl sites for hydroxylation is 1. The number of rotatable bonds is 6. The number of halogens is 6. The molecule has 0 amide bonds. The van der Waals surface area contributed by atoms with Gasteiger partial charge in [-0.25, -0.2) is 4.79 Å². The van der Waals surface area contributed by atoms with Gasteiger partial charge in [-0.15, -0.1) is 10.2 Å². The summed E-state index contributed by atoms with van der Waals surface area (Å²) in [5, 5.41) is 8.32. The van der Waals surface area contributed by atoms with Gasteiger partial charge >= 0.3 is 18.0 Å². The van der Waals surface area contributed by atoms with E-state index < -0.39 is 29.5 Å². The Balaban J connectivity index is 1.39. The fraction of sp³-hybridized carbons (Fsp3) is 0.464. The van der Waals surface area contributed by atoms with Gasteiger partial charge in [0.1, 0.15) is 12.2 Å². The fourth-order valence-electron chi connectivity index (χ4n) is 6.09. The van der Waals surface area contributed by atoms with Crippen LogP contribution in [0.2, 0.25) is 0 Å². The highest BCUT2D eigenvalue weighted by Gasteiger charge is 2.43. The molecule has 2 atom stereocenters. The highest BCUT2D eigenvalue weighted by molar-refractivity contribution is 5.58. The molecule has 1 aromatic carbocycles. The van der Waals surface area contributed by atoms with E-state index in [0.717, 1.165) is 41.1 Å². The van der Waals surface area contributed by atoms with Crippen molar-refractivity contribution in [3.05, 3.63) is 82.1 Å². The van der Waals surface area contributed by atoms with E-state index in [4.69, 9.17) is 0 Å². The van der Waals surface area contributed by atoms with E-state index in [2.05, 4.69) is 10.2 Å². The van der Waals surface area contributed by atoms with Crippen LogP contribution in [0.5, 0.6) is 0 Å². The first-order valence-electron chi connectivity index (χ1n) is 13.5. The van der Waals surface area contributed by atoms with Crippen LogP contribution in [0.25, 0.3) is 11.2 Å². The third-order valence-corrected chi connectivity index (χ3v) is 8.42. The summed E-state index contributed by atoms with van der Waals surface area (Å²) in [4.78, 5) is 15.0. The topological polar surface area (TPSA) is 60.4 Å². The third-order valence-electron chi connectivity index (χ3n) is 8.42. The second kappa shape index (κ2) is 10.0. The lowest BCUT2D eigenvalue weighted by Gasteiger charge is -2.33. The van der Waals surface area contributed by atoms with Crippen molar-refractivity contribution in [2.45, 2.75) is 50.5 Å². The van der Waals surface area contributed by atoms with Crippen LogP contribution in [0, 0.1) is 11.8 Å². The van der Waals surface area contributed by atoms with Crippen molar-refractivity contribution in [3.8, 4) is 5.69 Å². The molecule has 6 rings (SSSR count). The number of pyridine rings is 1. The molecule has 2 fully saturated rings. The van der Waals surface area contributed by atoms with Gasteiger partial charge in [-0.3, -0.25) is 13.9 Å². The summed E-state index contributed by atoms with van der Waals surface area (Å²) in [5.74, 6) is -0.489. The van der Waals surface area contributed by atoms with Gasteiger partial charge in [-0.1, -0.05) is 18.6 Å². The minimum absolute atomic E-state index is 0.0812. The number of aromatic nitrogens is 5. The maximum Gasteiger partial charge on any atom is 0.418 e. The van der Waals surface area contributed by atoms with Gasteiger partial charge in [0.2, 0.25) is 0 Å². The van der Waals surface area contributed by atoms with Crippen molar-refractivity contribution in [2.75, 3.05) is 13.1 Å². The number of hydrogen-bond donors (Lipinski definition) is 0. The molecule has 41 heavy (non-hydrogen) atoms. The lowest BCUT2D eigenvalue weighted by Crippen LogP contribution is -2.27. The Morgan fingerprint density at radius 2 is 1.83 bits per heavy atom. The quantitative estimate of drug-likeness (QED) is 0.282. The summed E-state index contributed by atoms with van der Waals surface area (Å²) in [6.07, 6.45) is -2.04.